The Hall–Kier alpha value is -0.0000000000000000555. The minimum atomic E-state index is -0.494. The third kappa shape index (κ3) is 4.59. The molecule has 0 heterocycles. The summed E-state index contributed by atoms with van der Waals surface area (Å²) in [6, 6.07) is 2.70. The van der Waals surface area contributed by atoms with Gasteiger partial charge in [0.15, 0.2) is 0 Å². The molecule has 0 spiro atoms. The second kappa shape index (κ2) is 8.23. The standard InChI is InChI=1S/C13H17Br2F2N/c1-2-3-7-18(8-6-14)9-10-12(16)5-4-11(15)13(10)17/h4-5H,2-3,6-9H2,1H3. The van der Waals surface area contributed by atoms with E-state index < -0.39 is 11.6 Å². The minimum Gasteiger partial charge on any atom is -0.298 e. The van der Waals surface area contributed by atoms with Gasteiger partial charge in [0.05, 0.1) is 4.47 Å². The van der Waals surface area contributed by atoms with Crippen LogP contribution in [0, 0.1) is 11.6 Å². The smallest absolute Gasteiger partial charge is 0.144 e. The fourth-order valence-electron chi connectivity index (χ4n) is 1.71. The van der Waals surface area contributed by atoms with E-state index in [0.29, 0.717) is 11.0 Å². The van der Waals surface area contributed by atoms with E-state index in [2.05, 4.69) is 43.7 Å². The van der Waals surface area contributed by atoms with Gasteiger partial charge < -0.3 is 0 Å². The van der Waals surface area contributed by atoms with Gasteiger partial charge >= 0.3 is 0 Å². The predicted molar refractivity (Wildman–Crippen MR) is 78.0 cm³/mol. The molecule has 0 N–H and O–H groups in total. The molecule has 18 heavy (non-hydrogen) atoms. The van der Waals surface area contributed by atoms with Crippen molar-refractivity contribution in [3.05, 3.63) is 33.8 Å². The molecule has 0 aliphatic carbocycles. The highest BCUT2D eigenvalue weighted by Gasteiger charge is 2.15. The van der Waals surface area contributed by atoms with Crippen LogP contribution in [0.15, 0.2) is 16.6 Å². The second-order valence-corrected chi connectivity index (χ2v) is 5.79. The van der Waals surface area contributed by atoms with Crippen LogP contribution in [0.25, 0.3) is 0 Å². The normalized spacial score (nSPS) is 11.2. The van der Waals surface area contributed by atoms with Gasteiger partial charge in [-0.3, -0.25) is 4.90 Å². The molecule has 0 fully saturated rings. The van der Waals surface area contributed by atoms with E-state index in [0.717, 1.165) is 31.3 Å². The van der Waals surface area contributed by atoms with Crippen molar-refractivity contribution in [2.45, 2.75) is 26.3 Å². The molecule has 1 nitrogen and oxygen atoms in total. The lowest BCUT2D eigenvalue weighted by Gasteiger charge is -2.21. The lowest BCUT2D eigenvalue weighted by atomic mass is 10.1. The summed E-state index contributed by atoms with van der Waals surface area (Å²) in [5.41, 5.74) is 0.140. The number of rotatable bonds is 7. The first-order chi connectivity index (χ1) is 8.60. The summed E-state index contributed by atoms with van der Waals surface area (Å²) >= 11 is 6.46. The van der Waals surface area contributed by atoms with E-state index >= 15 is 0 Å². The zero-order valence-electron chi connectivity index (χ0n) is 10.4. The molecule has 0 radical (unpaired) electrons. The second-order valence-electron chi connectivity index (χ2n) is 4.14. The maximum atomic E-state index is 13.9. The highest BCUT2D eigenvalue weighted by atomic mass is 79.9. The average Bonchev–Trinajstić information content (AvgIpc) is 2.36. The lowest BCUT2D eigenvalue weighted by molar-refractivity contribution is 0.269. The maximum absolute atomic E-state index is 13.9. The van der Waals surface area contributed by atoms with Gasteiger partial charge in [-0.05, 0) is 41.0 Å². The summed E-state index contributed by atoms with van der Waals surface area (Å²) in [6.45, 7) is 4.05. The van der Waals surface area contributed by atoms with E-state index in [1.807, 2.05) is 0 Å². The van der Waals surface area contributed by atoms with Gasteiger partial charge in [-0.1, -0.05) is 29.3 Å². The van der Waals surface area contributed by atoms with Crippen LogP contribution < -0.4 is 0 Å². The molecule has 0 saturated carbocycles. The first-order valence-electron chi connectivity index (χ1n) is 6.00. The minimum absolute atomic E-state index is 0.140. The molecule has 0 unspecified atom stereocenters. The summed E-state index contributed by atoms with van der Waals surface area (Å²) in [5.74, 6) is -0.974. The summed E-state index contributed by atoms with van der Waals surface area (Å²) in [7, 11) is 0. The van der Waals surface area contributed by atoms with Gasteiger partial charge in [0.25, 0.3) is 0 Å². The molecular formula is C13H17Br2F2N. The van der Waals surface area contributed by atoms with Crippen molar-refractivity contribution in [2.24, 2.45) is 0 Å². The molecule has 1 aromatic rings. The van der Waals surface area contributed by atoms with E-state index in [1.54, 1.807) is 0 Å². The number of hydrogen-bond donors (Lipinski definition) is 0. The third-order valence-electron chi connectivity index (χ3n) is 2.75. The first kappa shape index (κ1) is 16.1. The van der Waals surface area contributed by atoms with Crippen molar-refractivity contribution in [1.82, 2.24) is 4.90 Å². The van der Waals surface area contributed by atoms with E-state index in [-0.39, 0.29) is 5.56 Å². The van der Waals surface area contributed by atoms with Crippen LogP contribution in [-0.2, 0) is 6.54 Å². The average molecular weight is 385 g/mol. The molecular weight excluding hydrogens is 368 g/mol. The predicted octanol–water partition coefficient (Wildman–Crippen LogP) is 4.72. The summed E-state index contributed by atoms with van der Waals surface area (Å²) < 4.78 is 27.8. The number of unbranched alkanes of at least 4 members (excludes halogenated alkanes) is 1. The molecule has 1 aromatic carbocycles. The van der Waals surface area contributed by atoms with Crippen LogP contribution in [0.3, 0.4) is 0 Å². The maximum Gasteiger partial charge on any atom is 0.144 e. The Balaban J connectivity index is 2.82. The van der Waals surface area contributed by atoms with E-state index in [9.17, 15) is 8.78 Å². The van der Waals surface area contributed by atoms with Crippen LogP contribution in [0.4, 0.5) is 8.78 Å². The topological polar surface area (TPSA) is 3.24 Å². The largest absolute Gasteiger partial charge is 0.298 e. The Morgan fingerprint density at radius 1 is 1.22 bits per heavy atom. The van der Waals surface area contributed by atoms with Crippen LogP contribution >= 0.6 is 31.9 Å². The van der Waals surface area contributed by atoms with Crippen LogP contribution in [-0.4, -0.2) is 23.3 Å². The van der Waals surface area contributed by atoms with E-state index in [4.69, 9.17) is 0 Å². The number of hydrogen-bond acceptors (Lipinski definition) is 1. The van der Waals surface area contributed by atoms with Gasteiger partial charge in [0.1, 0.15) is 11.6 Å². The Morgan fingerprint density at radius 2 is 1.94 bits per heavy atom. The van der Waals surface area contributed by atoms with Crippen LogP contribution in [0.5, 0.6) is 0 Å². The van der Waals surface area contributed by atoms with Crippen molar-refractivity contribution in [3.63, 3.8) is 0 Å². The third-order valence-corrected chi connectivity index (χ3v) is 3.72. The summed E-state index contributed by atoms with van der Waals surface area (Å²) in [6.07, 6.45) is 2.10. The molecule has 0 atom stereocenters. The molecule has 0 bridgehead atoms. The fraction of sp³-hybridized carbons (Fsp3) is 0.538. The van der Waals surface area contributed by atoms with Crippen LogP contribution in [0.1, 0.15) is 25.3 Å². The number of halogens is 4. The van der Waals surface area contributed by atoms with Gasteiger partial charge in [-0.2, -0.15) is 0 Å². The number of benzene rings is 1. The van der Waals surface area contributed by atoms with Crippen LogP contribution in [0.2, 0.25) is 0 Å². The molecule has 1 rings (SSSR count). The SMILES string of the molecule is CCCCN(CCBr)Cc1c(F)ccc(Br)c1F. The highest BCUT2D eigenvalue weighted by molar-refractivity contribution is 9.10. The molecule has 0 saturated heterocycles. The summed E-state index contributed by atoms with van der Waals surface area (Å²) in [5, 5.41) is 0.800. The quantitative estimate of drug-likeness (QED) is 0.485. The van der Waals surface area contributed by atoms with E-state index in [1.165, 1.54) is 12.1 Å². The highest BCUT2D eigenvalue weighted by Crippen LogP contribution is 2.23. The lowest BCUT2D eigenvalue weighted by Crippen LogP contribution is -2.27. The Labute approximate surface area is 124 Å². The Bertz CT molecular complexity index is 385. The molecule has 102 valence electrons. The van der Waals surface area contributed by atoms with Gasteiger partial charge in [-0.25, -0.2) is 8.78 Å². The van der Waals surface area contributed by atoms with Crippen molar-refractivity contribution in [1.29, 1.82) is 0 Å². The Morgan fingerprint density at radius 3 is 2.56 bits per heavy atom. The van der Waals surface area contributed by atoms with Gasteiger partial charge in [0, 0.05) is 24.0 Å². The fourth-order valence-corrected chi connectivity index (χ4v) is 2.58. The Kier molecular flexibility index (Phi) is 7.34. The zero-order valence-corrected chi connectivity index (χ0v) is 13.5. The van der Waals surface area contributed by atoms with Gasteiger partial charge in [-0.15, -0.1) is 0 Å². The molecule has 0 aromatic heterocycles. The van der Waals surface area contributed by atoms with Gasteiger partial charge in [0.2, 0.25) is 0 Å². The molecule has 0 aliphatic rings. The molecule has 0 amide bonds. The van der Waals surface area contributed by atoms with Crippen molar-refractivity contribution >= 4 is 31.9 Å². The summed E-state index contributed by atoms with van der Waals surface area (Å²) in [4.78, 5) is 2.06. The molecule has 0 aliphatic heterocycles. The molecule has 5 heteroatoms. The van der Waals surface area contributed by atoms with Crippen molar-refractivity contribution in [2.75, 3.05) is 18.4 Å². The number of nitrogens with zero attached hydrogens (tertiary/aromatic N) is 1. The zero-order chi connectivity index (χ0) is 13.5. The number of alkyl halides is 1. The first-order valence-corrected chi connectivity index (χ1v) is 7.92. The van der Waals surface area contributed by atoms with Crippen molar-refractivity contribution in [3.8, 4) is 0 Å². The monoisotopic (exact) mass is 383 g/mol. The van der Waals surface area contributed by atoms with Crippen molar-refractivity contribution < 1.29 is 8.78 Å².